The van der Waals surface area contributed by atoms with E-state index in [9.17, 15) is 14.0 Å². The van der Waals surface area contributed by atoms with Crippen LogP contribution in [0.5, 0.6) is 0 Å². The van der Waals surface area contributed by atoms with Crippen LogP contribution in [0.2, 0.25) is 0 Å². The molecule has 1 aliphatic heterocycles. The Morgan fingerprint density at radius 3 is 2.89 bits per heavy atom. The summed E-state index contributed by atoms with van der Waals surface area (Å²) >= 11 is 0. The number of methoxy groups -OCH3 is 1. The first-order valence-electron chi connectivity index (χ1n) is 9.47. The number of halogens is 1. The second-order valence-corrected chi connectivity index (χ2v) is 7.41. The summed E-state index contributed by atoms with van der Waals surface area (Å²) in [6.07, 6.45) is 3.26. The van der Waals surface area contributed by atoms with Crippen molar-refractivity contribution in [3.05, 3.63) is 35.6 Å². The highest BCUT2D eigenvalue weighted by Gasteiger charge is 2.54. The van der Waals surface area contributed by atoms with Crippen molar-refractivity contribution in [1.29, 1.82) is 0 Å². The standard InChI is InChI=1S/C20H27FN2O4/c1-14-6-5-9-20(12-14)23(19(25)15-7-3-4-8-16(15)21)17(13-27-20)18(24)22-10-11-26-2/h3-4,7-8,14,17H,5-6,9-13H2,1-2H3,(H,22,24)/t14-,17+,20+/m1/s1. The predicted octanol–water partition coefficient (Wildman–Crippen LogP) is 2.34. The summed E-state index contributed by atoms with van der Waals surface area (Å²) in [7, 11) is 1.55. The van der Waals surface area contributed by atoms with E-state index >= 15 is 0 Å². The van der Waals surface area contributed by atoms with E-state index in [2.05, 4.69) is 12.2 Å². The molecule has 0 aromatic heterocycles. The summed E-state index contributed by atoms with van der Waals surface area (Å²) < 4.78 is 25.3. The number of carbonyl (C=O) groups excluding carboxylic acids is 2. The molecule has 148 valence electrons. The summed E-state index contributed by atoms with van der Waals surface area (Å²) in [5.74, 6) is -1.02. The lowest BCUT2D eigenvalue weighted by Gasteiger charge is -2.43. The highest BCUT2D eigenvalue weighted by atomic mass is 19.1. The largest absolute Gasteiger partial charge is 0.383 e. The number of hydrogen-bond acceptors (Lipinski definition) is 4. The third-order valence-corrected chi connectivity index (χ3v) is 5.42. The van der Waals surface area contributed by atoms with Crippen LogP contribution >= 0.6 is 0 Å². The third kappa shape index (κ3) is 3.99. The molecule has 3 rings (SSSR count). The third-order valence-electron chi connectivity index (χ3n) is 5.42. The lowest BCUT2D eigenvalue weighted by molar-refractivity contribution is -0.128. The van der Waals surface area contributed by atoms with Crippen molar-refractivity contribution in [1.82, 2.24) is 10.2 Å². The van der Waals surface area contributed by atoms with Gasteiger partial charge in [-0.25, -0.2) is 4.39 Å². The molecule has 2 aliphatic rings. The number of carbonyl (C=O) groups is 2. The first-order chi connectivity index (χ1) is 13.0. The van der Waals surface area contributed by atoms with E-state index in [4.69, 9.17) is 9.47 Å². The van der Waals surface area contributed by atoms with Crippen LogP contribution in [-0.4, -0.2) is 55.3 Å². The van der Waals surface area contributed by atoms with Gasteiger partial charge < -0.3 is 14.8 Å². The average molecular weight is 378 g/mol. The Labute approximate surface area is 159 Å². The molecule has 2 fully saturated rings. The molecule has 6 nitrogen and oxygen atoms in total. The highest BCUT2D eigenvalue weighted by molar-refractivity contribution is 5.98. The van der Waals surface area contributed by atoms with Crippen molar-refractivity contribution in [3.63, 3.8) is 0 Å². The normalized spacial score (nSPS) is 27.7. The molecule has 1 aliphatic carbocycles. The summed E-state index contributed by atoms with van der Waals surface area (Å²) in [5.41, 5.74) is -0.879. The van der Waals surface area contributed by atoms with Gasteiger partial charge in [-0.15, -0.1) is 0 Å². The molecule has 1 heterocycles. The Bertz CT molecular complexity index is 698. The van der Waals surface area contributed by atoms with E-state index in [-0.39, 0.29) is 18.1 Å². The minimum atomic E-state index is -0.847. The van der Waals surface area contributed by atoms with Crippen LogP contribution in [0.15, 0.2) is 24.3 Å². The van der Waals surface area contributed by atoms with Crippen LogP contribution in [-0.2, 0) is 14.3 Å². The Balaban J connectivity index is 1.91. The van der Waals surface area contributed by atoms with Gasteiger partial charge in [-0.05, 0) is 37.3 Å². The molecule has 0 unspecified atom stereocenters. The maximum Gasteiger partial charge on any atom is 0.259 e. The zero-order chi connectivity index (χ0) is 19.4. The minimum Gasteiger partial charge on any atom is -0.383 e. The van der Waals surface area contributed by atoms with Crippen LogP contribution in [0.3, 0.4) is 0 Å². The molecular formula is C20H27FN2O4. The van der Waals surface area contributed by atoms with Gasteiger partial charge in [0.1, 0.15) is 17.6 Å². The smallest absolute Gasteiger partial charge is 0.259 e. The molecule has 27 heavy (non-hydrogen) atoms. The summed E-state index contributed by atoms with van der Waals surface area (Å²) in [6.45, 7) is 2.95. The second kappa shape index (κ2) is 8.35. The van der Waals surface area contributed by atoms with E-state index in [0.717, 1.165) is 12.8 Å². The van der Waals surface area contributed by atoms with Crippen molar-refractivity contribution in [2.24, 2.45) is 5.92 Å². The molecule has 2 amide bonds. The maximum absolute atomic E-state index is 14.3. The molecule has 1 spiro atoms. The van der Waals surface area contributed by atoms with Crippen molar-refractivity contribution in [3.8, 4) is 0 Å². The molecule has 3 atom stereocenters. The van der Waals surface area contributed by atoms with Crippen LogP contribution in [0, 0.1) is 11.7 Å². The minimum absolute atomic E-state index is 0.0321. The van der Waals surface area contributed by atoms with E-state index in [1.807, 2.05) is 0 Å². The molecule has 0 radical (unpaired) electrons. The molecule has 1 saturated carbocycles. The van der Waals surface area contributed by atoms with E-state index in [1.54, 1.807) is 19.2 Å². The zero-order valence-electron chi connectivity index (χ0n) is 15.9. The number of nitrogens with one attached hydrogen (secondary N) is 1. The van der Waals surface area contributed by atoms with Crippen LogP contribution in [0.25, 0.3) is 0 Å². The molecular weight excluding hydrogens is 351 g/mol. The lowest BCUT2D eigenvalue weighted by Crippen LogP contribution is -2.57. The molecule has 0 bridgehead atoms. The Kier molecular flexibility index (Phi) is 6.11. The summed E-state index contributed by atoms with van der Waals surface area (Å²) in [4.78, 5) is 27.5. The Morgan fingerprint density at radius 2 is 2.19 bits per heavy atom. The van der Waals surface area contributed by atoms with Gasteiger partial charge in [-0.1, -0.05) is 25.5 Å². The number of rotatable bonds is 5. The van der Waals surface area contributed by atoms with Crippen LogP contribution in [0.1, 0.15) is 43.0 Å². The topological polar surface area (TPSA) is 67.9 Å². The van der Waals surface area contributed by atoms with Crippen molar-refractivity contribution in [2.45, 2.75) is 44.4 Å². The van der Waals surface area contributed by atoms with Crippen molar-refractivity contribution < 1.29 is 23.5 Å². The van der Waals surface area contributed by atoms with Gasteiger partial charge in [0.15, 0.2) is 0 Å². The fraction of sp³-hybridized carbons (Fsp3) is 0.600. The second-order valence-electron chi connectivity index (χ2n) is 7.41. The van der Waals surface area contributed by atoms with Crippen LogP contribution in [0.4, 0.5) is 4.39 Å². The molecule has 1 N–H and O–H groups in total. The average Bonchev–Trinajstić information content (AvgIpc) is 3.00. The molecule has 1 aromatic carbocycles. The quantitative estimate of drug-likeness (QED) is 0.799. The number of nitrogens with zero attached hydrogens (tertiary/aromatic N) is 1. The van der Waals surface area contributed by atoms with Gasteiger partial charge in [-0.3, -0.25) is 14.5 Å². The number of hydrogen-bond donors (Lipinski definition) is 1. The van der Waals surface area contributed by atoms with Crippen molar-refractivity contribution in [2.75, 3.05) is 26.9 Å². The van der Waals surface area contributed by atoms with E-state index < -0.39 is 23.5 Å². The van der Waals surface area contributed by atoms with Crippen molar-refractivity contribution >= 4 is 11.8 Å². The highest BCUT2D eigenvalue weighted by Crippen LogP contribution is 2.43. The molecule has 7 heteroatoms. The number of benzene rings is 1. The van der Waals surface area contributed by atoms with E-state index in [0.29, 0.717) is 31.9 Å². The Morgan fingerprint density at radius 1 is 1.41 bits per heavy atom. The lowest BCUT2D eigenvalue weighted by atomic mass is 9.83. The van der Waals surface area contributed by atoms with Crippen LogP contribution < -0.4 is 5.32 Å². The van der Waals surface area contributed by atoms with Gasteiger partial charge in [0, 0.05) is 13.7 Å². The fourth-order valence-electron chi connectivity index (χ4n) is 4.17. The summed E-state index contributed by atoms with van der Waals surface area (Å²) in [5, 5.41) is 2.78. The fourth-order valence-corrected chi connectivity index (χ4v) is 4.17. The molecule has 1 aromatic rings. The predicted molar refractivity (Wildman–Crippen MR) is 97.6 cm³/mol. The first kappa shape index (κ1) is 19.8. The van der Waals surface area contributed by atoms with E-state index in [1.165, 1.54) is 17.0 Å². The van der Waals surface area contributed by atoms with Gasteiger partial charge in [-0.2, -0.15) is 0 Å². The Hall–Kier alpha value is -1.99. The first-order valence-corrected chi connectivity index (χ1v) is 9.47. The van der Waals surface area contributed by atoms with Gasteiger partial charge in [0.25, 0.3) is 5.91 Å². The number of amides is 2. The SMILES string of the molecule is COCCNC(=O)[C@@H]1CO[C@]2(CCC[C@@H](C)C2)N1C(=O)c1ccccc1F. The molecule has 1 saturated heterocycles. The van der Waals surface area contributed by atoms with Gasteiger partial charge >= 0.3 is 0 Å². The van der Waals surface area contributed by atoms with Gasteiger partial charge in [0.05, 0.1) is 18.8 Å². The number of ether oxygens (including phenoxy) is 2. The van der Waals surface area contributed by atoms with Gasteiger partial charge in [0.2, 0.25) is 5.91 Å². The summed E-state index contributed by atoms with van der Waals surface area (Å²) in [6, 6.07) is 5.10. The maximum atomic E-state index is 14.3. The zero-order valence-corrected chi connectivity index (χ0v) is 15.9. The monoisotopic (exact) mass is 378 g/mol.